The third kappa shape index (κ3) is 2.23. The third-order valence-electron chi connectivity index (χ3n) is 4.73. The first-order valence-electron chi connectivity index (χ1n) is 7.82. The summed E-state index contributed by atoms with van der Waals surface area (Å²) in [5.74, 6) is 0.430. The van der Waals surface area contributed by atoms with Gasteiger partial charge in [0.1, 0.15) is 0 Å². The number of nitrogens with zero attached hydrogens (tertiary/aromatic N) is 1. The number of likely N-dealkylation sites (N-methyl/N-ethyl adjacent to an activating group) is 1. The average molecular weight is 291 g/mol. The maximum absolute atomic E-state index is 5.80. The minimum absolute atomic E-state index is 0.430. The van der Waals surface area contributed by atoms with E-state index in [1.165, 1.54) is 33.2 Å². The predicted molar refractivity (Wildman–Crippen MR) is 90.8 cm³/mol. The van der Waals surface area contributed by atoms with Crippen LogP contribution in [0.25, 0.3) is 10.9 Å². The van der Waals surface area contributed by atoms with Crippen LogP contribution in [0.15, 0.2) is 48.7 Å². The molecule has 1 atom stereocenters. The zero-order valence-corrected chi connectivity index (χ0v) is 12.8. The summed E-state index contributed by atoms with van der Waals surface area (Å²) in [6.45, 7) is 2.67. The second kappa shape index (κ2) is 5.27. The summed E-state index contributed by atoms with van der Waals surface area (Å²) in [7, 11) is 2.19. The van der Waals surface area contributed by atoms with Gasteiger partial charge in [0.15, 0.2) is 0 Å². The highest BCUT2D eigenvalue weighted by atomic mass is 15.1. The quantitative estimate of drug-likeness (QED) is 0.761. The molecule has 3 nitrogen and oxygen atoms in total. The average Bonchev–Trinajstić information content (AvgIpc) is 3.00. The lowest BCUT2D eigenvalue weighted by Crippen LogP contribution is -2.31. The summed E-state index contributed by atoms with van der Waals surface area (Å²) >= 11 is 0. The number of aromatic nitrogens is 1. The van der Waals surface area contributed by atoms with E-state index in [0.717, 1.165) is 13.1 Å². The van der Waals surface area contributed by atoms with Gasteiger partial charge in [-0.15, -0.1) is 0 Å². The Hall–Kier alpha value is -2.10. The maximum Gasteiger partial charge on any atom is 0.0454 e. The number of nitrogens with one attached hydrogen (secondary N) is 1. The molecule has 0 radical (unpaired) electrons. The van der Waals surface area contributed by atoms with Crippen molar-refractivity contribution in [3.63, 3.8) is 0 Å². The monoisotopic (exact) mass is 291 g/mol. The molecule has 0 bridgehead atoms. The van der Waals surface area contributed by atoms with Crippen LogP contribution in [0.2, 0.25) is 0 Å². The second-order valence-electron chi connectivity index (χ2n) is 6.31. The normalized spacial score (nSPS) is 18.5. The zero-order chi connectivity index (χ0) is 15.1. The van der Waals surface area contributed by atoms with Crippen LogP contribution in [0, 0.1) is 0 Å². The lowest BCUT2D eigenvalue weighted by molar-refractivity contribution is 0.295. The first-order chi connectivity index (χ1) is 10.7. The van der Waals surface area contributed by atoms with Crippen molar-refractivity contribution in [2.24, 2.45) is 5.73 Å². The van der Waals surface area contributed by atoms with E-state index in [9.17, 15) is 0 Å². The molecule has 1 aliphatic rings. The third-order valence-corrected chi connectivity index (χ3v) is 4.73. The molecule has 0 spiro atoms. The number of benzene rings is 2. The fourth-order valence-electron chi connectivity index (χ4n) is 3.60. The molecule has 0 amide bonds. The molecule has 3 aromatic rings. The summed E-state index contributed by atoms with van der Waals surface area (Å²) in [5, 5.41) is 1.28. The van der Waals surface area contributed by atoms with Crippen molar-refractivity contribution in [3.05, 3.63) is 70.9 Å². The minimum atomic E-state index is 0.430. The van der Waals surface area contributed by atoms with E-state index < -0.39 is 0 Å². The molecule has 3 N–H and O–H groups in total. The van der Waals surface area contributed by atoms with Crippen molar-refractivity contribution in [1.82, 2.24) is 9.88 Å². The van der Waals surface area contributed by atoms with Crippen LogP contribution < -0.4 is 5.73 Å². The van der Waals surface area contributed by atoms with Gasteiger partial charge in [-0.25, -0.2) is 0 Å². The van der Waals surface area contributed by atoms with Crippen molar-refractivity contribution in [3.8, 4) is 0 Å². The molecule has 0 aliphatic carbocycles. The van der Waals surface area contributed by atoms with E-state index in [-0.39, 0.29) is 0 Å². The van der Waals surface area contributed by atoms with E-state index in [4.69, 9.17) is 5.73 Å². The summed E-state index contributed by atoms with van der Waals surface area (Å²) in [6, 6.07) is 15.6. The summed E-state index contributed by atoms with van der Waals surface area (Å²) in [5.41, 5.74) is 12.5. The van der Waals surface area contributed by atoms with Crippen LogP contribution in [0.1, 0.15) is 28.2 Å². The molecule has 2 aromatic carbocycles. The van der Waals surface area contributed by atoms with Crippen molar-refractivity contribution in [1.29, 1.82) is 0 Å². The zero-order valence-electron chi connectivity index (χ0n) is 12.8. The first kappa shape index (κ1) is 13.6. The maximum atomic E-state index is 5.80. The number of rotatable bonds is 2. The Morgan fingerprint density at radius 1 is 1.18 bits per heavy atom. The van der Waals surface area contributed by atoms with Gasteiger partial charge < -0.3 is 15.6 Å². The highest BCUT2D eigenvalue weighted by Gasteiger charge is 2.25. The molecule has 4 rings (SSSR count). The van der Waals surface area contributed by atoms with Gasteiger partial charge in [-0.3, -0.25) is 0 Å². The number of aromatic amines is 1. The minimum Gasteiger partial charge on any atom is -0.361 e. The molecular weight excluding hydrogens is 270 g/mol. The fraction of sp³-hybridized carbons (Fsp3) is 0.263. The molecule has 1 unspecified atom stereocenters. The van der Waals surface area contributed by atoms with Gasteiger partial charge in [-0.05, 0) is 52.9 Å². The van der Waals surface area contributed by atoms with Gasteiger partial charge in [-0.1, -0.05) is 24.3 Å². The van der Waals surface area contributed by atoms with Crippen LogP contribution >= 0.6 is 0 Å². The topological polar surface area (TPSA) is 45.0 Å². The van der Waals surface area contributed by atoms with Crippen molar-refractivity contribution >= 4 is 10.9 Å². The Morgan fingerprint density at radius 3 is 2.95 bits per heavy atom. The van der Waals surface area contributed by atoms with Crippen LogP contribution in [0.4, 0.5) is 0 Å². The summed E-state index contributed by atoms with van der Waals surface area (Å²) in [6.07, 6.45) is 2.00. The van der Waals surface area contributed by atoms with Gasteiger partial charge in [0.2, 0.25) is 0 Å². The molecular formula is C19H21N3. The van der Waals surface area contributed by atoms with Gasteiger partial charge in [0.25, 0.3) is 0 Å². The van der Waals surface area contributed by atoms with Gasteiger partial charge in [0.05, 0.1) is 0 Å². The Bertz CT molecular complexity index is 818. The Labute approximate surface area is 130 Å². The van der Waals surface area contributed by atoms with E-state index in [1.54, 1.807) is 0 Å². The summed E-state index contributed by atoms with van der Waals surface area (Å²) < 4.78 is 0. The van der Waals surface area contributed by atoms with Gasteiger partial charge in [-0.2, -0.15) is 0 Å². The van der Waals surface area contributed by atoms with E-state index in [0.29, 0.717) is 12.5 Å². The molecule has 3 heteroatoms. The predicted octanol–water partition coefficient (Wildman–Crippen LogP) is 3.20. The molecule has 112 valence electrons. The van der Waals surface area contributed by atoms with Gasteiger partial charge in [0, 0.05) is 37.3 Å². The molecule has 0 saturated heterocycles. The van der Waals surface area contributed by atoms with Crippen molar-refractivity contribution < 1.29 is 0 Å². The molecule has 1 aliphatic heterocycles. The smallest absolute Gasteiger partial charge is 0.0454 e. The van der Waals surface area contributed by atoms with Crippen LogP contribution in [0.5, 0.6) is 0 Å². The van der Waals surface area contributed by atoms with E-state index in [2.05, 4.69) is 59.4 Å². The second-order valence-corrected chi connectivity index (χ2v) is 6.31. The Balaban J connectivity index is 1.81. The summed E-state index contributed by atoms with van der Waals surface area (Å²) in [4.78, 5) is 5.67. The molecule has 0 fully saturated rings. The van der Waals surface area contributed by atoms with Crippen molar-refractivity contribution in [2.45, 2.75) is 19.0 Å². The Kier molecular flexibility index (Phi) is 3.25. The van der Waals surface area contributed by atoms with Crippen LogP contribution in [0.3, 0.4) is 0 Å². The number of nitrogens with two attached hydrogens (primary N) is 1. The number of hydrogen-bond donors (Lipinski definition) is 2. The molecule has 1 aromatic heterocycles. The first-order valence-corrected chi connectivity index (χ1v) is 7.82. The van der Waals surface area contributed by atoms with Crippen molar-refractivity contribution in [2.75, 3.05) is 13.6 Å². The SMILES string of the molecule is CN1Cc2cc(CN)ccc2C(c2ccc3[nH]ccc3c2)C1. The fourth-order valence-corrected chi connectivity index (χ4v) is 3.60. The lowest BCUT2D eigenvalue weighted by atomic mass is 9.84. The molecule has 0 saturated carbocycles. The molecule has 22 heavy (non-hydrogen) atoms. The molecule has 2 heterocycles. The van der Waals surface area contributed by atoms with Gasteiger partial charge >= 0.3 is 0 Å². The van der Waals surface area contributed by atoms with Crippen LogP contribution in [-0.2, 0) is 13.1 Å². The lowest BCUT2D eigenvalue weighted by Gasteiger charge is -2.33. The van der Waals surface area contributed by atoms with E-state index in [1.807, 2.05) is 6.20 Å². The Morgan fingerprint density at radius 2 is 2.09 bits per heavy atom. The van der Waals surface area contributed by atoms with E-state index >= 15 is 0 Å². The largest absolute Gasteiger partial charge is 0.361 e. The highest BCUT2D eigenvalue weighted by Crippen LogP contribution is 2.34. The number of hydrogen-bond acceptors (Lipinski definition) is 2. The standard InChI is InChI=1S/C19H21N3/c1-22-11-16-8-13(10-20)2-4-17(16)18(12-22)14-3-5-19-15(9-14)6-7-21-19/h2-9,18,21H,10-12,20H2,1H3. The number of H-pyrrole nitrogens is 1. The number of fused-ring (bicyclic) bond motifs is 2. The van der Waals surface area contributed by atoms with Crippen LogP contribution in [-0.4, -0.2) is 23.5 Å². The highest BCUT2D eigenvalue weighted by molar-refractivity contribution is 5.80.